The van der Waals surface area contributed by atoms with Crippen molar-refractivity contribution in [2.45, 2.75) is 104 Å². The molecule has 1 heterocycles. The molecule has 1 aliphatic carbocycles. The molecule has 38 heavy (non-hydrogen) atoms. The van der Waals surface area contributed by atoms with Crippen LogP contribution in [0.3, 0.4) is 0 Å². The molecule has 3 rings (SSSR count). The van der Waals surface area contributed by atoms with Crippen molar-refractivity contribution in [2.75, 3.05) is 19.7 Å². The van der Waals surface area contributed by atoms with E-state index in [-0.39, 0.29) is 24.2 Å². The number of esters is 1. The zero-order chi connectivity index (χ0) is 27.2. The number of carbonyl (C=O) groups is 3. The van der Waals surface area contributed by atoms with E-state index in [2.05, 4.69) is 30.4 Å². The van der Waals surface area contributed by atoms with Gasteiger partial charge in [-0.1, -0.05) is 75.4 Å². The monoisotopic (exact) mass is 524 g/mol. The summed E-state index contributed by atoms with van der Waals surface area (Å²) in [5.41, 5.74) is 1.32. The van der Waals surface area contributed by atoms with Crippen LogP contribution in [-0.2, 0) is 25.5 Å². The third kappa shape index (κ3) is 8.18. The molecule has 1 saturated heterocycles. The lowest BCUT2D eigenvalue weighted by Crippen LogP contribution is -2.54. The molecule has 6 heteroatoms. The summed E-state index contributed by atoms with van der Waals surface area (Å²) < 4.78 is 5.56. The quantitative estimate of drug-likeness (QED) is 0.202. The lowest BCUT2D eigenvalue weighted by Gasteiger charge is -2.48. The van der Waals surface area contributed by atoms with E-state index in [0.717, 1.165) is 57.1 Å². The van der Waals surface area contributed by atoms with E-state index in [1.165, 1.54) is 24.8 Å². The van der Waals surface area contributed by atoms with Crippen molar-refractivity contribution in [2.24, 2.45) is 11.3 Å². The SMILES string of the molecule is CCCCCCCCN1C(=O)[C@H](CC(=O)NCCCCc2ccccc2)C[C@@]2(C(=O)OCC)CCCC=C12. The van der Waals surface area contributed by atoms with E-state index in [0.29, 0.717) is 32.5 Å². The smallest absolute Gasteiger partial charge is 0.318 e. The first kappa shape index (κ1) is 29.9. The van der Waals surface area contributed by atoms with Gasteiger partial charge in [-0.3, -0.25) is 14.4 Å². The van der Waals surface area contributed by atoms with Crippen molar-refractivity contribution in [3.8, 4) is 0 Å². The van der Waals surface area contributed by atoms with Crippen molar-refractivity contribution in [3.05, 3.63) is 47.7 Å². The summed E-state index contributed by atoms with van der Waals surface area (Å²) in [5.74, 6) is -0.854. The molecule has 2 aliphatic rings. The second-order valence-corrected chi connectivity index (χ2v) is 10.9. The number of piperidine rings is 1. The Bertz CT molecular complexity index is 929. The lowest BCUT2D eigenvalue weighted by molar-refractivity contribution is -0.162. The van der Waals surface area contributed by atoms with Crippen LogP contribution >= 0.6 is 0 Å². The van der Waals surface area contributed by atoms with Gasteiger partial charge in [-0.05, 0) is 63.9 Å². The van der Waals surface area contributed by atoms with E-state index in [1.54, 1.807) is 0 Å². The van der Waals surface area contributed by atoms with Crippen LogP contribution in [0.4, 0.5) is 0 Å². The Morgan fingerprint density at radius 1 is 1.03 bits per heavy atom. The first-order valence-corrected chi connectivity index (χ1v) is 15.0. The average molecular weight is 525 g/mol. The second kappa shape index (κ2) is 15.7. The number of nitrogens with zero attached hydrogens (tertiary/aromatic N) is 1. The summed E-state index contributed by atoms with van der Waals surface area (Å²) in [6.45, 7) is 5.55. The number of nitrogens with one attached hydrogen (secondary N) is 1. The Balaban J connectivity index is 1.61. The van der Waals surface area contributed by atoms with Gasteiger partial charge in [0.15, 0.2) is 0 Å². The van der Waals surface area contributed by atoms with Crippen LogP contribution in [0.1, 0.15) is 103 Å². The molecule has 0 unspecified atom stereocenters. The number of amides is 2. The fourth-order valence-corrected chi connectivity index (χ4v) is 6.01. The third-order valence-corrected chi connectivity index (χ3v) is 8.03. The number of hydrogen-bond acceptors (Lipinski definition) is 4. The molecule has 1 fully saturated rings. The molecule has 1 N–H and O–H groups in total. The van der Waals surface area contributed by atoms with Gasteiger partial charge >= 0.3 is 5.97 Å². The molecule has 1 aromatic carbocycles. The molecule has 1 aliphatic heterocycles. The summed E-state index contributed by atoms with van der Waals surface area (Å²) in [7, 11) is 0. The van der Waals surface area contributed by atoms with E-state index in [4.69, 9.17) is 4.74 Å². The Morgan fingerprint density at radius 2 is 1.79 bits per heavy atom. The highest BCUT2D eigenvalue weighted by molar-refractivity contribution is 5.92. The normalized spacial score (nSPS) is 21.0. The Morgan fingerprint density at radius 3 is 2.55 bits per heavy atom. The molecule has 2 amide bonds. The third-order valence-electron chi connectivity index (χ3n) is 8.03. The van der Waals surface area contributed by atoms with Crippen LogP contribution < -0.4 is 5.32 Å². The summed E-state index contributed by atoms with van der Waals surface area (Å²) >= 11 is 0. The summed E-state index contributed by atoms with van der Waals surface area (Å²) in [6, 6.07) is 10.4. The number of hydrogen-bond donors (Lipinski definition) is 1. The van der Waals surface area contributed by atoms with E-state index in [1.807, 2.05) is 30.0 Å². The minimum absolute atomic E-state index is 0.00846. The van der Waals surface area contributed by atoms with E-state index in [9.17, 15) is 14.4 Å². The highest BCUT2D eigenvalue weighted by atomic mass is 16.5. The molecular weight excluding hydrogens is 476 g/mol. The van der Waals surface area contributed by atoms with Gasteiger partial charge in [0.05, 0.1) is 6.61 Å². The van der Waals surface area contributed by atoms with Crippen LogP contribution in [0, 0.1) is 11.3 Å². The molecular formula is C32H48N2O4. The maximum absolute atomic E-state index is 13.7. The van der Waals surface area contributed by atoms with E-state index >= 15 is 0 Å². The van der Waals surface area contributed by atoms with Gasteiger partial charge in [-0.15, -0.1) is 0 Å². The first-order chi connectivity index (χ1) is 18.5. The van der Waals surface area contributed by atoms with Gasteiger partial charge in [0.25, 0.3) is 0 Å². The molecule has 0 aromatic heterocycles. The summed E-state index contributed by atoms with van der Waals surface area (Å²) in [5, 5.41) is 3.02. The number of aryl methyl sites for hydroxylation is 1. The van der Waals surface area contributed by atoms with Gasteiger partial charge in [-0.2, -0.15) is 0 Å². The number of benzene rings is 1. The van der Waals surface area contributed by atoms with Crippen molar-refractivity contribution in [1.29, 1.82) is 0 Å². The predicted molar refractivity (Wildman–Crippen MR) is 151 cm³/mol. The fourth-order valence-electron chi connectivity index (χ4n) is 6.01. The molecule has 2 atom stereocenters. The minimum Gasteiger partial charge on any atom is -0.465 e. The molecule has 0 radical (unpaired) electrons. The van der Waals surface area contributed by atoms with Crippen molar-refractivity contribution in [1.82, 2.24) is 10.2 Å². The van der Waals surface area contributed by atoms with E-state index < -0.39 is 11.3 Å². The van der Waals surface area contributed by atoms with Gasteiger partial charge < -0.3 is 15.0 Å². The van der Waals surface area contributed by atoms with Crippen LogP contribution in [-0.4, -0.2) is 42.4 Å². The standard InChI is InChI=1S/C32H48N2O4/c1-3-5-6-7-8-16-23-34-28-20-12-14-21-32(28,31(37)38-4-2)25-27(30(34)36)24-29(35)33-22-15-13-19-26-17-10-9-11-18-26/h9-11,17-18,20,27H,3-8,12-16,19,21-25H2,1-2H3,(H,33,35)/t27-,32+/m1/s1. The van der Waals surface area contributed by atoms with Crippen molar-refractivity contribution >= 4 is 17.8 Å². The van der Waals surface area contributed by atoms with Crippen LogP contribution in [0.5, 0.6) is 0 Å². The number of rotatable bonds is 16. The summed E-state index contributed by atoms with van der Waals surface area (Å²) in [4.78, 5) is 41.8. The fraction of sp³-hybridized carbons (Fsp3) is 0.656. The molecule has 6 nitrogen and oxygen atoms in total. The lowest BCUT2D eigenvalue weighted by atomic mass is 9.66. The number of allylic oxidation sites excluding steroid dienone is 1. The molecule has 210 valence electrons. The number of fused-ring (bicyclic) bond motifs is 1. The average Bonchev–Trinajstić information content (AvgIpc) is 2.92. The zero-order valence-electron chi connectivity index (χ0n) is 23.6. The summed E-state index contributed by atoms with van der Waals surface area (Å²) in [6.07, 6.45) is 14.7. The van der Waals surface area contributed by atoms with Crippen LogP contribution in [0.2, 0.25) is 0 Å². The van der Waals surface area contributed by atoms with Crippen molar-refractivity contribution < 1.29 is 19.1 Å². The molecule has 0 saturated carbocycles. The highest BCUT2D eigenvalue weighted by Gasteiger charge is 2.54. The topological polar surface area (TPSA) is 75.7 Å². The van der Waals surface area contributed by atoms with Gasteiger partial charge in [0.1, 0.15) is 5.41 Å². The number of unbranched alkanes of at least 4 members (excludes halogenated alkanes) is 6. The second-order valence-electron chi connectivity index (χ2n) is 10.9. The minimum atomic E-state index is -0.814. The molecule has 0 bridgehead atoms. The van der Waals surface area contributed by atoms with Gasteiger partial charge in [0, 0.05) is 31.1 Å². The molecule has 1 aromatic rings. The number of likely N-dealkylation sites (tertiary alicyclic amines) is 1. The Labute approximate surface area is 229 Å². The zero-order valence-corrected chi connectivity index (χ0v) is 23.6. The van der Waals surface area contributed by atoms with Crippen molar-refractivity contribution in [3.63, 3.8) is 0 Å². The highest BCUT2D eigenvalue weighted by Crippen LogP contribution is 2.50. The number of carbonyl (C=O) groups excluding carboxylic acids is 3. The van der Waals surface area contributed by atoms with Gasteiger partial charge in [-0.25, -0.2) is 0 Å². The van der Waals surface area contributed by atoms with Gasteiger partial charge in [0.2, 0.25) is 11.8 Å². The molecule has 0 spiro atoms. The maximum atomic E-state index is 13.7. The number of ether oxygens (including phenoxy) is 1. The van der Waals surface area contributed by atoms with Crippen LogP contribution in [0.15, 0.2) is 42.1 Å². The Kier molecular flexibility index (Phi) is 12.4. The van der Waals surface area contributed by atoms with Crippen LogP contribution in [0.25, 0.3) is 0 Å². The predicted octanol–water partition coefficient (Wildman–Crippen LogP) is 6.34. The Hall–Kier alpha value is -2.63. The maximum Gasteiger partial charge on any atom is 0.318 e. The largest absolute Gasteiger partial charge is 0.465 e. The first-order valence-electron chi connectivity index (χ1n) is 15.0.